The maximum atomic E-state index is 9.75. The molecule has 1 aromatic rings. The first kappa shape index (κ1) is 13.5. The highest BCUT2D eigenvalue weighted by molar-refractivity contribution is 4.85. The van der Waals surface area contributed by atoms with E-state index in [4.69, 9.17) is 0 Å². The van der Waals surface area contributed by atoms with Gasteiger partial charge < -0.3 is 10.4 Å². The fraction of sp³-hybridized carbons (Fsp3) is 0.846. The third-order valence-corrected chi connectivity index (χ3v) is 3.54. The van der Waals surface area contributed by atoms with E-state index < -0.39 is 0 Å². The monoisotopic (exact) mass is 252 g/mol. The molecule has 1 heterocycles. The number of hydrogen-bond donors (Lipinski definition) is 2. The summed E-state index contributed by atoms with van der Waals surface area (Å²) in [5.74, 6) is 1.96. The second kappa shape index (κ2) is 6.29. The summed E-state index contributed by atoms with van der Waals surface area (Å²) < 4.78 is 1.96. The van der Waals surface area contributed by atoms with Crippen LogP contribution in [0.2, 0.25) is 0 Å². The molecule has 102 valence electrons. The van der Waals surface area contributed by atoms with Crippen LogP contribution in [0.3, 0.4) is 0 Å². The van der Waals surface area contributed by atoms with Gasteiger partial charge in [0, 0.05) is 13.1 Å². The van der Waals surface area contributed by atoms with Crippen LogP contribution >= 0.6 is 0 Å². The smallest absolute Gasteiger partial charge is 0.140 e. The Hall–Kier alpha value is -0.940. The van der Waals surface area contributed by atoms with Crippen molar-refractivity contribution in [2.75, 3.05) is 6.54 Å². The van der Waals surface area contributed by atoms with Gasteiger partial charge in [-0.25, -0.2) is 9.67 Å². The first-order chi connectivity index (χ1) is 8.66. The van der Waals surface area contributed by atoms with Crippen LogP contribution in [0.1, 0.15) is 38.9 Å². The van der Waals surface area contributed by atoms with E-state index in [1.807, 2.05) is 4.68 Å². The van der Waals surface area contributed by atoms with Crippen molar-refractivity contribution in [3.63, 3.8) is 0 Å². The SMILES string of the molecule is CC(C)Cn1ncnc1CNCC1CCCC1O. The number of nitrogens with zero attached hydrogens (tertiary/aromatic N) is 3. The largest absolute Gasteiger partial charge is 0.393 e. The number of aliphatic hydroxyl groups excluding tert-OH is 1. The van der Waals surface area contributed by atoms with Crippen LogP contribution in [-0.2, 0) is 13.1 Å². The molecule has 2 N–H and O–H groups in total. The lowest BCUT2D eigenvalue weighted by Gasteiger charge is -2.15. The van der Waals surface area contributed by atoms with Crippen molar-refractivity contribution in [3.8, 4) is 0 Å². The summed E-state index contributed by atoms with van der Waals surface area (Å²) in [7, 11) is 0. The van der Waals surface area contributed by atoms with Crippen LogP contribution in [-0.4, -0.2) is 32.5 Å². The van der Waals surface area contributed by atoms with Crippen molar-refractivity contribution in [3.05, 3.63) is 12.2 Å². The van der Waals surface area contributed by atoms with E-state index in [0.29, 0.717) is 11.8 Å². The lowest BCUT2D eigenvalue weighted by Crippen LogP contribution is -2.28. The number of hydrogen-bond acceptors (Lipinski definition) is 4. The Morgan fingerprint density at radius 1 is 1.50 bits per heavy atom. The van der Waals surface area contributed by atoms with Crippen molar-refractivity contribution in [2.24, 2.45) is 11.8 Å². The van der Waals surface area contributed by atoms with Crippen molar-refractivity contribution in [1.29, 1.82) is 0 Å². The number of nitrogens with one attached hydrogen (secondary N) is 1. The highest BCUT2D eigenvalue weighted by atomic mass is 16.3. The van der Waals surface area contributed by atoms with Crippen LogP contribution < -0.4 is 5.32 Å². The van der Waals surface area contributed by atoms with Gasteiger partial charge in [0.25, 0.3) is 0 Å². The normalized spacial score (nSPS) is 24.0. The molecule has 5 nitrogen and oxygen atoms in total. The minimum Gasteiger partial charge on any atom is -0.393 e. The van der Waals surface area contributed by atoms with E-state index in [9.17, 15) is 5.11 Å². The molecule has 5 heteroatoms. The van der Waals surface area contributed by atoms with Gasteiger partial charge in [0.1, 0.15) is 12.2 Å². The lowest BCUT2D eigenvalue weighted by atomic mass is 10.1. The van der Waals surface area contributed by atoms with Gasteiger partial charge in [-0.3, -0.25) is 0 Å². The third-order valence-electron chi connectivity index (χ3n) is 3.54. The molecule has 0 amide bonds. The topological polar surface area (TPSA) is 63.0 Å². The maximum absolute atomic E-state index is 9.75. The molecule has 0 aromatic carbocycles. The highest BCUT2D eigenvalue weighted by Gasteiger charge is 2.24. The first-order valence-electron chi connectivity index (χ1n) is 6.92. The molecule has 2 rings (SSSR count). The predicted octanol–water partition coefficient (Wildman–Crippen LogP) is 1.18. The molecule has 0 bridgehead atoms. The number of aliphatic hydroxyl groups is 1. The van der Waals surface area contributed by atoms with E-state index in [1.54, 1.807) is 6.33 Å². The van der Waals surface area contributed by atoms with Crippen LogP contribution in [0.25, 0.3) is 0 Å². The molecule has 0 saturated heterocycles. The number of aromatic nitrogens is 3. The molecule has 1 saturated carbocycles. The Kier molecular flexibility index (Phi) is 4.72. The molecular formula is C13H24N4O. The zero-order chi connectivity index (χ0) is 13.0. The number of rotatable bonds is 6. The van der Waals surface area contributed by atoms with Crippen LogP contribution in [0.4, 0.5) is 0 Å². The molecule has 0 aliphatic heterocycles. The molecule has 1 aliphatic rings. The van der Waals surface area contributed by atoms with E-state index in [-0.39, 0.29) is 6.10 Å². The molecule has 18 heavy (non-hydrogen) atoms. The third kappa shape index (κ3) is 3.53. The molecular weight excluding hydrogens is 228 g/mol. The van der Waals surface area contributed by atoms with Crippen LogP contribution in [0, 0.1) is 11.8 Å². The van der Waals surface area contributed by atoms with Crippen molar-refractivity contribution >= 4 is 0 Å². The Bertz CT molecular complexity index is 364. The molecule has 0 spiro atoms. The van der Waals surface area contributed by atoms with Crippen molar-refractivity contribution < 1.29 is 5.11 Å². The zero-order valence-electron chi connectivity index (χ0n) is 11.3. The second-order valence-electron chi connectivity index (χ2n) is 5.64. The lowest BCUT2D eigenvalue weighted by molar-refractivity contribution is 0.131. The zero-order valence-corrected chi connectivity index (χ0v) is 11.3. The van der Waals surface area contributed by atoms with Gasteiger partial charge in [-0.2, -0.15) is 5.10 Å². The fourth-order valence-corrected chi connectivity index (χ4v) is 2.55. The minimum absolute atomic E-state index is 0.119. The Morgan fingerprint density at radius 2 is 2.33 bits per heavy atom. The summed E-state index contributed by atoms with van der Waals surface area (Å²) in [6.07, 6.45) is 4.73. The van der Waals surface area contributed by atoms with Crippen molar-refractivity contribution in [1.82, 2.24) is 20.1 Å². The quantitative estimate of drug-likeness (QED) is 0.798. The van der Waals surface area contributed by atoms with Gasteiger partial charge >= 0.3 is 0 Å². The average molecular weight is 252 g/mol. The van der Waals surface area contributed by atoms with Gasteiger partial charge in [0.05, 0.1) is 12.6 Å². The van der Waals surface area contributed by atoms with Gasteiger partial charge in [-0.15, -0.1) is 0 Å². The Balaban J connectivity index is 1.77. The summed E-state index contributed by atoms with van der Waals surface area (Å²) in [4.78, 5) is 4.28. The van der Waals surface area contributed by atoms with Crippen molar-refractivity contribution in [2.45, 2.75) is 52.3 Å². The summed E-state index contributed by atoms with van der Waals surface area (Å²) in [5, 5.41) is 17.4. The predicted molar refractivity (Wildman–Crippen MR) is 69.9 cm³/mol. The van der Waals surface area contributed by atoms with E-state index in [0.717, 1.165) is 44.7 Å². The summed E-state index contributed by atoms with van der Waals surface area (Å²) in [6, 6.07) is 0. The summed E-state index contributed by atoms with van der Waals surface area (Å²) >= 11 is 0. The fourth-order valence-electron chi connectivity index (χ4n) is 2.55. The Labute approximate surface area is 109 Å². The molecule has 2 unspecified atom stereocenters. The standard InChI is InChI=1S/C13H24N4O/c1-10(2)8-17-13(15-9-16-17)7-14-6-11-4-3-5-12(11)18/h9-12,14,18H,3-8H2,1-2H3. The van der Waals surface area contributed by atoms with E-state index in [2.05, 4.69) is 29.2 Å². The average Bonchev–Trinajstić information content (AvgIpc) is 2.89. The van der Waals surface area contributed by atoms with E-state index in [1.165, 1.54) is 0 Å². The van der Waals surface area contributed by atoms with Gasteiger partial charge in [-0.1, -0.05) is 20.3 Å². The summed E-state index contributed by atoms with van der Waals surface area (Å²) in [5.41, 5.74) is 0. The first-order valence-corrected chi connectivity index (χ1v) is 6.92. The second-order valence-corrected chi connectivity index (χ2v) is 5.64. The van der Waals surface area contributed by atoms with Crippen LogP contribution in [0.15, 0.2) is 6.33 Å². The summed E-state index contributed by atoms with van der Waals surface area (Å²) in [6.45, 7) is 6.86. The van der Waals surface area contributed by atoms with E-state index >= 15 is 0 Å². The molecule has 2 atom stereocenters. The highest BCUT2D eigenvalue weighted by Crippen LogP contribution is 2.24. The molecule has 1 fully saturated rings. The van der Waals surface area contributed by atoms with Gasteiger partial charge in [0.15, 0.2) is 0 Å². The van der Waals surface area contributed by atoms with Crippen LogP contribution in [0.5, 0.6) is 0 Å². The molecule has 0 radical (unpaired) electrons. The van der Waals surface area contributed by atoms with Gasteiger partial charge in [-0.05, 0) is 24.7 Å². The molecule has 1 aliphatic carbocycles. The van der Waals surface area contributed by atoms with Gasteiger partial charge in [0.2, 0.25) is 0 Å². The Morgan fingerprint density at radius 3 is 3.00 bits per heavy atom. The molecule has 1 aromatic heterocycles. The minimum atomic E-state index is -0.119. The maximum Gasteiger partial charge on any atom is 0.140 e.